The van der Waals surface area contributed by atoms with Crippen molar-refractivity contribution >= 4 is 29.3 Å². The molecule has 0 aromatic heterocycles. The minimum Gasteiger partial charge on any atom is -0.459 e. The fourth-order valence-electron chi connectivity index (χ4n) is 2.92. The fraction of sp³-hybridized carbons (Fsp3) is 0.300. The van der Waals surface area contributed by atoms with Gasteiger partial charge in [0.2, 0.25) is 5.91 Å². The summed E-state index contributed by atoms with van der Waals surface area (Å²) in [5.41, 5.74) is 2.47. The molecule has 6 nitrogen and oxygen atoms in total. The summed E-state index contributed by atoms with van der Waals surface area (Å²) < 4.78 is 18.2. The number of hydrogen-bond acceptors (Lipinski definition) is 6. The fourth-order valence-corrected chi connectivity index (χ4v) is 4.09. The molecule has 148 valence electrons. The molecule has 1 saturated heterocycles. The van der Waals surface area contributed by atoms with Gasteiger partial charge in [-0.1, -0.05) is 12.1 Å². The van der Waals surface area contributed by atoms with E-state index in [1.807, 2.05) is 0 Å². The van der Waals surface area contributed by atoms with Gasteiger partial charge in [0.25, 0.3) is 0 Å². The predicted octanol–water partition coefficient (Wildman–Crippen LogP) is 2.42. The second-order valence-corrected chi connectivity index (χ2v) is 7.48. The molecule has 1 fully saturated rings. The molecule has 0 saturated carbocycles. The van der Waals surface area contributed by atoms with Crippen LogP contribution in [0.2, 0.25) is 0 Å². The van der Waals surface area contributed by atoms with Gasteiger partial charge in [0.15, 0.2) is 0 Å². The van der Waals surface area contributed by atoms with Gasteiger partial charge in [-0.2, -0.15) is 0 Å². The minimum absolute atomic E-state index is 0.0659. The number of ether oxygens (including phenoxy) is 1. The smallest absolute Gasteiger partial charge is 0.338 e. The highest BCUT2D eigenvalue weighted by Crippen LogP contribution is 2.42. The number of carbonyl (C=O) groups excluding carboxylic acids is 2. The highest BCUT2D eigenvalue weighted by atomic mass is 32.2. The molecule has 1 aliphatic rings. The second kappa shape index (κ2) is 8.72. The lowest BCUT2D eigenvalue weighted by Crippen LogP contribution is -2.28. The Labute approximate surface area is 165 Å². The molecular formula is C20H20FNO5S. The number of carbonyl (C=O) groups is 2. The van der Waals surface area contributed by atoms with Gasteiger partial charge in [-0.25, -0.2) is 9.18 Å². The van der Waals surface area contributed by atoms with Crippen LogP contribution >= 0.6 is 11.8 Å². The van der Waals surface area contributed by atoms with Crippen molar-refractivity contribution in [2.45, 2.75) is 18.4 Å². The molecule has 1 heterocycles. The van der Waals surface area contributed by atoms with Gasteiger partial charge in [-0.15, -0.1) is 11.8 Å². The lowest BCUT2D eigenvalue weighted by atomic mass is 10.1. The Morgan fingerprint density at radius 1 is 1.32 bits per heavy atom. The summed E-state index contributed by atoms with van der Waals surface area (Å²) in [5, 5.41) is 17.8. The first kappa shape index (κ1) is 20.3. The normalized spacial score (nSPS) is 17.6. The molecule has 2 aromatic rings. The van der Waals surface area contributed by atoms with E-state index in [0.717, 1.165) is 5.56 Å². The van der Waals surface area contributed by atoms with E-state index >= 15 is 0 Å². The van der Waals surface area contributed by atoms with Crippen LogP contribution in [0.1, 0.15) is 26.9 Å². The van der Waals surface area contributed by atoms with Crippen LogP contribution in [0.5, 0.6) is 0 Å². The SMILES string of the molecule is Cc1cc(C(=O)OCC(O)CO)ccc1N1C(=O)CSC1c1ccc(F)cc1. The number of rotatable bonds is 6. The Bertz CT molecular complexity index is 873. The minimum atomic E-state index is -1.12. The van der Waals surface area contributed by atoms with Crippen LogP contribution in [0.4, 0.5) is 10.1 Å². The first-order valence-corrected chi connectivity index (χ1v) is 9.71. The molecule has 1 amide bonds. The first-order valence-electron chi connectivity index (χ1n) is 8.66. The number of esters is 1. The zero-order valence-electron chi connectivity index (χ0n) is 15.2. The molecule has 2 N–H and O–H groups in total. The van der Waals surface area contributed by atoms with E-state index in [1.54, 1.807) is 42.2 Å². The third-order valence-corrected chi connectivity index (χ3v) is 5.54. The van der Waals surface area contributed by atoms with Gasteiger partial charge >= 0.3 is 5.97 Å². The van der Waals surface area contributed by atoms with Crippen LogP contribution < -0.4 is 4.90 Å². The van der Waals surface area contributed by atoms with Crippen LogP contribution in [0, 0.1) is 12.7 Å². The lowest BCUT2D eigenvalue weighted by molar-refractivity contribution is -0.115. The Balaban J connectivity index is 1.82. The lowest BCUT2D eigenvalue weighted by Gasteiger charge is -2.26. The molecule has 0 radical (unpaired) electrons. The van der Waals surface area contributed by atoms with Crippen molar-refractivity contribution in [2.75, 3.05) is 23.9 Å². The van der Waals surface area contributed by atoms with E-state index in [2.05, 4.69) is 0 Å². The standard InChI is InChI=1S/C20H20FNO5S/c1-12-8-14(20(26)27-10-16(24)9-23)4-7-17(12)22-18(25)11-28-19(22)13-2-5-15(21)6-3-13/h2-8,16,19,23-24H,9-11H2,1H3. The van der Waals surface area contributed by atoms with Crippen LogP contribution in [0.15, 0.2) is 42.5 Å². The van der Waals surface area contributed by atoms with E-state index in [0.29, 0.717) is 17.0 Å². The Morgan fingerprint density at radius 2 is 2.04 bits per heavy atom. The van der Waals surface area contributed by atoms with Crippen molar-refractivity contribution in [3.63, 3.8) is 0 Å². The average Bonchev–Trinajstić information content (AvgIpc) is 3.07. The van der Waals surface area contributed by atoms with E-state index in [-0.39, 0.29) is 29.3 Å². The highest BCUT2D eigenvalue weighted by molar-refractivity contribution is 8.00. The molecule has 3 rings (SSSR count). The summed E-state index contributed by atoms with van der Waals surface area (Å²) in [5.74, 6) is -0.720. The van der Waals surface area contributed by atoms with Gasteiger partial charge in [0.05, 0.1) is 17.9 Å². The van der Waals surface area contributed by atoms with Crippen LogP contribution in [0.3, 0.4) is 0 Å². The second-order valence-electron chi connectivity index (χ2n) is 6.41. The topological polar surface area (TPSA) is 87.1 Å². The summed E-state index contributed by atoms with van der Waals surface area (Å²) in [7, 11) is 0. The third kappa shape index (κ3) is 4.35. The average molecular weight is 405 g/mol. The highest BCUT2D eigenvalue weighted by Gasteiger charge is 2.35. The number of aryl methyl sites for hydroxylation is 1. The Morgan fingerprint density at radius 3 is 2.68 bits per heavy atom. The van der Waals surface area contributed by atoms with Crippen molar-refractivity contribution in [1.29, 1.82) is 0 Å². The van der Waals surface area contributed by atoms with Crippen molar-refractivity contribution in [3.8, 4) is 0 Å². The molecule has 2 aromatic carbocycles. The zero-order chi connectivity index (χ0) is 20.3. The number of benzene rings is 2. The van der Waals surface area contributed by atoms with Crippen molar-refractivity contribution in [2.24, 2.45) is 0 Å². The number of hydrogen-bond donors (Lipinski definition) is 2. The van der Waals surface area contributed by atoms with Gasteiger partial charge in [-0.05, 0) is 48.4 Å². The van der Waals surface area contributed by atoms with E-state index in [4.69, 9.17) is 9.84 Å². The van der Waals surface area contributed by atoms with Gasteiger partial charge < -0.3 is 14.9 Å². The molecule has 2 unspecified atom stereocenters. The van der Waals surface area contributed by atoms with Crippen molar-refractivity contribution in [1.82, 2.24) is 0 Å². The summed E-state index contributed by atoms with van der Waals surface area (Å²) in [6.07, 6.45) is -1.12. The number of thioether (sulfide) groups is 1. The van der Waals surface area contributed by atoms with Gasteiger partial charge in [0.1, 0.15) is 23.9 Å². The van der Waals surface area contributed by atoms with E-state index in [1.165, 1.54) is 23.9 Å². The molecule has 28 heavy (non-hydrogen) atoms. The molecule has 0 bridgehead atoms. The maximum atomic E-state index is 13.2. The van der Waals surface area contributed by atoms with Crippen molar-refractivity contribution in [3.05, 3.63) is 65.0 Å². The van der Waals surface area contributed by atoms with E-state index < -0.39 is 18.7 Å². The van der Waals surface area contributed by atoms with Crippen LogP contribution in [-0.2, 0) is 9.53 Å². The number of anilines is 1. The monoisotopic (exact) mass is 405 g/mol. The number of aliphatic hydroxyl groups excluding tert-OH is 2. The maximum Gasteiger partial charge on any atom is 0.338 e. The summed E-state index contributed by atoms with van der Waals surface area (Å²) in [6, 6.07) is 10.9. The molecule has 1 aliphatic heterocycles. The van der Waals surface area contributed by atoms with E-state index in [9.17, 15) is 19.1 Å². The molecule has 8 heteroatoms. The largest absolute Gasteiger partial charge is 0.459 e. The van der Waals surface area contributed by atoms with Crippen molar-refractivity contribution < 1.29 is 28.9 Å². The summed E-state index contributed by atoms with van der Waals surface area (Å²) in [4.78, 5) is 26.2. The molecule has 2 atom stereocenters. The van der Waals surface area contributed by atoms with Crippen LogP contribution in [-0.4, -0.2) is 47.2 Å². The molecule has 0 aliphatic carbocycles. The zero-order valence-corrected chi connectivity index (χ0v) is 16.0. The quantitative estimate of drug-likeness (QED) is 0.718. The molecular weight excluding hydrogens is 385 g/mol. The number of halogens is 1. The first-order chi connectivity index (χ1) is 13.4. The summed E-state index contributed by atoms with van der Waals surface area (Å²) >= 11 is 1.46. The summed E-state index contributed by atoms with van der Waals surface area (Å²) in [6.45, 7) is 0.988. The maximum absolute atomic E-state index is 13.2. The number of amides is 1. The number of aliphatic hydroxyl groups is 2. The van der Waals surface area contributed by atoms with Crippen LogP contribution in [0.25, 0.3) is 0 Å². The molecule has 0 spiro atoms. The predicted molar refractivity (Wildman–Crippen MR) is 104 cm³/mol. The Hall–Kier alpha value is -2.42. The Kier molecular flexibility index (Phi) is 6.33. The van der Waals surface area contributed by atoms with Gasteiger partial charge in [0, 0.05) is 5.69 Å². The van der Waals surface area contributed by atoms with Gasteiger partial charge in [-0.3, -0.25) is 9.69 Å². The number of nitrogens with zero attached hydrogens (tertiary/aromatic N) is 1. The third-order valence-electron chi connectivity index (χ3n) is 4.33.